The van der Waals surface area contributed by atoms with Gasteiger partial charge >= 0.3 is 0 Å². The normalized spacial score (nSPS) is 16.4. The topological polar surface area (TPSA) is 38.8 Å². The third kappa shape index (κ3) is 5.02. The van der Waals surface area contributed by atoms with Gasteiger partial charge in [-0.2, -0.15) is 0 Å². The second-order valence-electron chi connectivity index (χ2n) is 7.28. The summed E-state index contributed by atoms with van der Waals surface area (Å²) in [6.45, 7) is 7.24. The van der Waals surface area contributed by atoms with Gasteiger partial charge in [0.15, 0.2) is 17.3 Å². The standard InChI is InChI=1S/C24H29NO3/c1-4-12-25-13-11-22(26)21(16-25)15-20-9-6-10-23(27-3)24(20)28-17-19-8-5-7-18(2)14-19/h5-10,14-15H,4,11-13,16-17H2,1-3H3/b21-15+. The lowest BCUT2D eigenvalue weighted by atomic mass is 9.99. The molecule has 0 aromatic heterocycles. The van der Waals surface area contributed by atoms with E-state index in [0.717, 1.165) is 36.2 Å². The smallest absolute Gasteiger partial charge is 0.168 e. The highest BCUT2D eigenvalue weighted by atomic mass is 16.5. The van der Waals surface area contributed by atoms with Crippen molar-refractivity contribution in [3.05, 3.63) is 64.7 Å². The third-order valence-electron chi connectivity index (χ3n) is 4.97. The first-order valence-corrected chi connectivity index (χ1v) is 9.92. The number of piperidine rings is 1. The second kappa shape index (κ2) is 9.56. The molecule has 28 heavy (non-hydrogen) atoms. The number of methoxy groups -OCH3 is 1. The Bertz CT molecular complexity index is 857. The summed E-state index contributed by atoms with van der Waals surface area (Å²) in [5, 5.41) is 0. The lowest BCUT2D eigenvalue weighted by Crippen LogP contribution is -2.36. The van der Waals surface area contributed by atoms with Crippen molar-refractivity contribution in [3.8, 4) is 11.5 Å². The van der Waals surface area contributed by atoms with Crippen molar-refractivity contribution in [2.75, 3.05) is 26.7 Å². The Labute approximate surface area is 167 Å². The fraction of sp³-hybridized carbons (Fsp3) is 0.375. The number of likely N-dealkylation sites (tertiary alicyclic amines) is 1. The summed E-state index contributed by atoms with van der Waals surface area (Å²) in [6.07, 6.45) is 3.64. The van der Waals surface area contributed by atoms with Gasteiger partial charge in [0.2, 0.25) is 0 Å². The minimum atomic E-state index is 0.222. The molecule has 4 heteroatoms. The Hall–Kier alpha value is -2.59. The molecule has 1 fully saturated rings. The van der Waals surface area contributed by atoms with Crippen LogP contribution < -0.4 is 9.47 Å². The minimum Gasteiger partial charge on any atom is -0.493 e. The quantitative estimate of drug-likeness (QED) is 0.657. The van der Waals surface area contributed by atoms with Crippen LogP contribution in [0, 0.1) is 6.92 Å². The molecular weight excluding hydrogens is 350 g/mol. The number of Topliss-reactive ketones (excluding diaryl/α,β-unsaturated/α-hetero) is 1. The van der Waals surface area contributed by atoms with Gasteiger partial charge in [-0.1, -0.05) is 48.9 Å². The van der Waals surface area contributed by atoms with Gasteiger partial charge in [0.25, 0.3) is 0 Å². The molecule has 0 N–H and O–H groups in total. The number of para-hydroxylation sites is 1. The highest BCUT2D eigenvalue weighted by molar-refractivity contribution is 6.01. The molecule has 4 nitrogen and oxygen atoms in total. The third-order valence-corrected chi connectivity index (χ3v) is 4.97. The average molecular weight is 380 g/mol. The van der Waals surface area contributed by atoms with Crippen LogP contribution in [-0.2, 0) is 11.4 Å². The monoisotopic (exact) mass is 379 g/mol. The Morgan fingerprint density at radius 1 is 1.18 bits per heavy atom. The minimum absolute atomic E-state index is 0.222. The van der Waals surface area contributed by atoms with E-state index in [0.29, 0.717) is 31.1 Å². The predicted octanol–water partition coefficient (Wildman–Crippen LogP) is 4.65. The molecule has 148 valence electrons. The molecule has 0 radical (unpaired) electrons. The maximum atomic E-state index is 12.5. The van der Waals surface area contributed by atoms with E-state index in [2.05, 4.69) is 30.9 Å². The maximum Gasteiger partial charge on any atom is 0.168 e. The summed E-state index contributed by atoms with van der Waals surface area (Å²) in [5.74, 6) is 1.58. The Morgan fingerprint density at radius 3 is 2.75 bits per heavy atom. The van der Waals surface area contributed by atoms with Gasteiger partial charge in [0.1, 0.15) is 6.61 Å². The number of rotatable bonds is 7. The SMILES string of the molecule is CCCN1CCC(=O)/C(=C/c2cccc(OC)c2OCc2cccc(C)c2)C1. The summed E-state index contributed by atoms with van der Waals surface area (Å²) >= 11 is 0. The number of carbonyl (C=O) groups excluding carboxylic acids is 1. The molecule has 2 aromatic carbocycles. The number of ether oxygens (including phenoxy) is 2. The largest absolute Gasteiger partial charge is 0.493 e. The molecule has 0 spiro atoms. The van der Waals surface area contributed by atoms with Crippen LogP contribution in [-0.4, -0.2) is 37.4 Å². The van der Waals surface area contributed by atoms with E-state index in [4.69, 9.17) is 9.47 Å². The highest BCUT2D eigenvalue weighted by Crippen LogP contribution is 2.34. The summed E-state index contributed by atoms with van der Waals surface area (Å²) in [6, 6.07) is 14.1. The second-order valence-corrected chi connectivity index (χ2v) is 7.28. The zero-order chi connectivity index (χ0) is 19.9. The summed E-state index contributed by atoms with van der Waals surface area (Å²) in [4.78, 5) is 14.8. The fourth-order valence-electron chi connectivity index (χ4n) is 3.57. The molecule has 1 saturated heterocycles. The highest BCUT2D eigenvalue weighted by Gasteiger charge is 2.21. The van der Waals surface area contributed by atoms with Gasteiger partial charge in [-0.25, -0.2) is 0 Å². The zero-order valence-corrected chi connectivity index (χ0v) is 17.0. The van der Waals surface area contributed by atoms with Gasteiger partial charge < -0.3 is 9.47 Å². The van der Waals surface area contributed by atoms with Crippen molar-refractivity contribution in [2.24, 2.45) is 0 Å². The zero-order valence-electron chi connectivity index (χ0n) is 17.0. The van der Waals surface area contributed by atoms with E-state index in [1.54, 1.807) is 7.11 Å². The molecular formula is C24H29NO3. The van der Waals surface area contributed by atoms with Gasteiger partial charge in [-0.3, -0.25) is 9.69 Å². The van der Waals surface area contributed by atoms with Crippen LogP contribution in [0.2, 0.25) is 0 Å². The first kappa shape index (κ1) is 20.2. The lowest BCUT2D eigenvalue weighted by Gasteiger charge is -2.27. The number of nitrogens with zero attached hydrogens (tertiary/aromatic N) is 1. The van der Waals surface area contributed by atoms with Gasteiger partial charge in [0, 0.05) is 30.6 Å². The van der Waals surface area contributed by atoms with Crippen molar-refractivity contribution in [2.45, 2.75) is 33.3 Å². The number of ketones is 1. The molecule has 0 unspecified atom stereocenters. The van der Waals surface area contributed by atoms with Crippen molar-refractivity contribution in [3.63, 3.8) is 0 Å². The van der Waals surface area contributed by atoms with Crippen LogP contribution in [0.25, 0.3) is 6.08 Å². The Morgan fingerprint density at radius 2 is 2.00 bits per heavy atom. The molecule has 0 bridgehead atoms. The van der Waals surface area contributed by atoms with Gasteiger partial charge in [0.05, 0.1) is 7.11 Å². The van der Waals surface area contributed by atoms with Crippen molar-refractivity contribution in [1.29, 1.82) is 0 Å². The Kier molecular flexibility index (Phi) is 6.88. The number of benzene rings is 2. The van der Waals surface area contributed by atoms with Crippen molar-refractivity contribution >= 4 is 11.9 Å². The van der Waals surface area contributed by atoms with E-state index in [1.807, 2.05) is 36.4 Å². The maximum absolute atomic E-state index is 12.5. The molecule has 0 amide bonds. The number of hydrogen-bond acceptors (Lipinski definition) is 4. The van der Waals surface area contributed by atoms with Crippen LogP contribution in [0.1, 0.15) is 36.5 Å². The van der Waals surface area contributed by atoms with Gasteiger partial charge in [-0.05, 0) is 37.6 Å². The molecule has 1 aliphatic rings. The first-order chi connectivity index (χ1) is 13.6. The fourth-order valence-corrected chi connectivity index (χ4v) is 3.57. The summed E-state index contributed by atoms with van der Waals surface area (Å²) in [5.41, 5.74) is 4.03. The van der Waals surface area contributed by atoms with E-state index in [9.17, 15) is 4.79 Å². The van der Waals surface area contributed by atoms with E-state index in [1.165, 1.54) is 5.56 Å². The number of aryl methyl sites for hydroxylation is 1. The molecule has 0 aliphatic carbocycles. The first-order valence-electron chi connectivity index (χ1n) is 9.92. The van der Waals surface area contributed by atoms with E-state index < -0.39 is 0 Å². The average Bonchev–Trinajstić information content (AvgIpc) is 2.69. The molecule has 2 aromatic rings. The summed E-state index contributed by atoms with van der Waals surface area (Å²) < 4.78 is 11.7. The van der Waals surface area contributed by atoms with Crippen molar-refractivity contribution < 1.29 is 14.3 Å². The van der Waals surface area contributed by atoms with Gasteiger partial charge in [-0.15, -0.1) is 0 Å². The van der Waals surface area contributed by atoms with E-state index in [-0.39, 0.29) is 5.78 Å². The van der Waals surface area contributed by atoms with Crippen LogP contribution in [0.4, 0.5) is 0 Å². The number of hydrogen-bond donors (Lipinski definition) is 0. The lowest BCUT2D eigenvalue weighted by molar-refractivity contribution is -0.117. The predicted molar refractivity (Wildman–Crippen MR) is 113 cm³/mol. The van der Waals surface area contributed by atoms with Crippen molar-refractivity contribution in [1.82, 2.24) is 4.90 Å². The molecule has 3 rings (SSSR count). The molecule has 0 atom stereocenters. The molecule has 1 heterocycles. The van der Waals surface area contributed by atoms with Crippen LogP contribution in [0.3, 0.4) is 0 Å². The van der Waals surface area contributed by atoms with Crippen LogP contribution >= 0.6 is 0 Å². The Balaban J connectivity index is 1.87. The molecule has 0 saturated carbocycles. The van der Waals surface area contributed by atoms with Crippen LogP contribution in [0.5, 0.6) is 11.5 Å². The summed E-state index contributed by atoms with van der Waals surface area (Å²) in [7, 11) is 1.64. The van der Waals surface area contributed by atoms with E-state index >= 15 is 0 Å². The van der Waals surface area contributed by atoms with Crippen LogP contribution in [0.15, 0.2) is 48.0 Å². The molecule has 1 aliphatic heterocycles. The number of carbonyl (C=O) groups is 1.